The van der Waals surface area contributed by atoms with Gasteiger partial charge in [-0.1, -0.05) is 11.8 Å². The third-order valence-corrected chi connectivity index (χ3v) is 6.93. The number of aliphatic hydroxyl groups excluding tert-OH is 1. The van der Waals surface area contributed by atoms with Gasteiger partial charge >= 0.3 is 5.97 Å². The molecular formula is C28H33N3O4. The molecule has 0 aliphatic carbocycles. The highest BCUT2D eigenvalue weighted by Crippen LogP contribution is 2.34. The molecule has 2 N–H and O–H groups in total. The Morgan fingerprint density at radius 1 is 1.29 bits per heavy atom. The number of hydrogen-bond acceptors (Lipinski definition) is 5. The number of methoxy groups -OCH3 is 1. The summed E-state index contributed by atoms with van der Waals surface area (Å²) in [5, 5.41) is 21.4. The molecule has 0 amide bonds. The highest BCUT2D eigenvalue weighted by Gasteiger charge is 2.31. The minimum atomic E-state index is -0.773. The van der Waals surface area contributed by atoms with Gasteiger partial charge in [0.25, 0.3) is 0 Å². The number of benzene rings is 1. The molecule has 1 aromatic carbocycles. The van der Waals surface area contributed by atoms with Gasteiger partial charge in [-0.3, -0.25) is 14.7 Å². The number of hydrogen-bond donors (Lipinski definition) is 2. The fourth-order valence-corrected chi connectivity index (χ4v) is 5.06. The lowest BCUT2D eigenvalue weighted by Gasteiger charge is -2.37. The fourth-order valence-electron chi connectivity index (χ4n) is 5.06. The molecule has 1 aliphatic heterocycles. The van der Waals surface area contributed by atoms with Crippen LogP contribution in [0.2, 0.25) is 0 Å². The number of aryl methyl sites for hydroxylation is 1. The summed E-state index contributed by atoms with van der Waals surface area (Å²) in [6.07, 6.45) is 7.42. The number of aromatic nitrogens is 2. The van der Waals surface area contributed by atoms with Gasteiger partial charge in [-0.15, -0.1) is 0 Å². The molecule has 2 aromatic heterocycles. The largest absolute Gasteiger partial charge is 0.497 e. The smallest absolute Gasteiger partial charge is 0.303 e. The number of carboxylic acids is 1. The summed E-state index contributed by atoms with van der Waals surface area (Å²) in [7, 11) is 3.59. The van der Waals surface area contributed by atoms with Crippen LogP contribution in [0.15, 0.2) is 48.9 Å². The lowest BCUT2D eigenvalue weighted by Crippen LogP contribution is -2.41. The van der Waals surface area contributed by atoms with Gasteiger partial charge in [-0.05, 0) is 73.5 Å². The van der Waals surface area contributed by atoms with E-state index in [1.165, 1.54) is 0 Å². The number of aliphatic hydroxyl groups is 1. The SMILES string of the molecule is COc1ccc2nccc([C@H](O)CC[C@@H]3CCN(CC#Cc4ccn(C)c4)C[C@@H]3CC(=O)O)c2c1. The molecule has 0 spiro atoms. The van der Waals surface area contributed by atoms with Crippen LogP contribution in [0.3, 0.4) is 0 Å². The molecule has 1 fully saturated rings. The average Bonchev–Trinajstić information content (AvgIpc) is 3.27. The Morgan fingerprint density at radius 3 is 2.89 bits per heavy atom. The topological polar surface area (TPSA) is 87.8 Å². The molecule has 1 saturated heterocycles. The zero-order chi connectivity index (χ0) is 24.8. The fraction of sp³-hybridized carbons (Fsp3) is 0.429. The number of piperidine rings is 1. The lowest BCUT2D eigenvalue weighted by molar-refractivity contribution is -0.139. The predicted molar refractivity (Wildman–Crippen MR) is 135 cm³/mol. The van der Waals surface area contributed by atoms with Crippen LogP contribution in [-0.4, -0.2) is 57.4 Å². The molecule has 1 aliphatic rings. The Labute approximate surface area is 206 Å². The van der Waals surface area contributed by atoms with Crippen LogP contribution in [0.25, 0.3) is 10.9 Å². The lowest BCUT2D eigenvalue weighted by atomic mass is 9.79. The van der Waals surface area contributed by atoms with Crippen LogP contribution in [0.5, 0.6) is 5.75 Å². The number of rotatable bonds is 8. The van der Waals surface area contributed by atoms with Crippen molar-refractivity contribution in [2.45, 2.75) is 31.8 Å². The van der Waals surface area contributed by atoms with E-state index in [1.807, 2.05) is 54.3 Å². The maximum absolute atomic E-state index is 11.6. The van der Waals surface area contributed by atoms with E-state index in [0.717, 1.165) is 47.2 Å². The van der Waals surface area contributed by atoms with E-state index in [0.29, 0.717) is 19.5 Å². The van der Waals surface area contributed by atoms with Crippen molar-refractivity contribution in [3.05, 3.63) is 60.0 Å². The van der Waals surface area contributed by atoms with Crippen LogP contribution < -0.4 is 4.74 Å². The monoisotopic (exact) mass is 475 g/mol. The first-order valence-electron chi connectivity index (χ1n) is 12.1. The maximum Gasteiger partial charge on any atom is 0.303 e. The molecule has 7 nitrogen and oxygen atoms in total. The average molecular weight is 476 g/mol. The molecule has 3 aromatic rings. The van der Waals surface area contributed by atoms with E-state index in [4.69, 9.17) is 4.74 Å². The Hall–Kier alpha value is -3.34. The molecule has 0 saturated carbocycles. The highest BCUT2D eigenvalue weighted by atomic mass is 16.5. The number of ether oxygens (including phenoxy) is 1. The molecule has 0 bridgehead atoms. The normalized spacial score (nSPS) is 19.2. The zero-order valence-corrected chi connectivity index (χ0v) is 20.4. The van der Waals surface area contributed by atoms with E-state index < -0.39 is 12.1 Å². The van der Waals surface area contributed by atoms with Gasteiger partial charge < -0.3 is 19.5 Å². The molecule has 0 unspecified atom stereocenters. The zero-order valence-electron chi connectivity index (χ0n) is 20.4. The van der Waals surface area contributed by atoms with Gasteiger partial charge in [-0.25, -0.2) is 0 Å². The van der Waals surface area contributed by atoms with Crippen LogP contribution in [-0.2, 0) is 11.8 Å². The second-order valence-electron chi connectivity index (χ2n) is 9.39. The van der Waals surface area contributed by atoms with Crippen molar-refractivity contribution in [3.63, 3.8) is 0 Å². The van der Waals surface area contributed by atoms with E-state index >= 15 is 0 Å². The summed E-state index contributed by atoms with van der Waals surface area (Å²) in [6, 6.07) is 9.50. The summed E-state index contributed by atoms with van der Waals surface area (Å²) in [5.41, 5.74) is 2.63. The minimum absolute atomic E-state index is 0.0428. The molecular weight excluding hydrogens is 442 g/mol. The van der Waals surface area contributed by atoms with Crippen molar-refractivity contribution in [2.75, 3.05) is 26.7 Å². The number of aliphatic carboxylic acids is 1. The number of carbonyl (C=O) groups is 1. The predicted octanol–water partition coefficient (Wildman–Crippen LogP) is 3.86. The van der Waals surface area contributed by atoms with Crippen molar-refractivity contribution in [3.8, 4) is 17.6 Å². The number of pyridine rings is 1. The van der Waals surface area contributed by atoms with Crippen LogP contribution in [0, 0.1) is 23.7 Å². The van der Waals surface area contributed by atoms with Gasteiger partial charge in [0.2, 0.25) is 0 Å². The van der Waals surface area contributed by atoms with Crippen LogP contribution >= 0.6 is 0 Å². The minimum Gasteiger partial charge on any atom is -0.497 e. The van der Waals surface area contributed by atoms with Gasteiger partial charge in [0.1, 0.15) is 5.75 Å². The molecule has 4 rings (SSSR count). The first-order chi connectivity index (χ1) is 16.9. The molecule has 7 heteroatoms. The number of carboxylic acid groups (broad SMARTS) is 1. The van der Waals surface area contributed by atoms with E-state index in [1.54, 1.807) is 13.3 Å². The standard InChI is InChI=1S/C28H33N3O4/c1-30-14-10-20(18-30)4-3-13-31-15-11-21(22(19-31)16-28(33)34)5-8-27(32)24-9-12-29-26-7-6-23(35-2)17-25(24)26/h6-7,9-10,12,14,17-18,21-22,27,32H,5,8,11,13,15-16,19H2,1-2H3,(H,33,34)/t21-,22+,27-/m1/s1. The number of fused-ring (bicyclic) bond motifs is 1. The van der Waals surface area contributed by atoms with Crippen molar-refractivity contribution in [2.24, 2.45) is 18.9 Å². The second kappa shape index (κ2) is 11.4. The second-order valence-corrected chi connectivity index (χ2v) is 9.39. The Balaban J connectivity index is 1.39. The van der Waals surface area contributed by atoms with Gasteiger partial charge in [0, 0.05) is 49.6 Å². The van der Waals surface area contributed by atoms with Crippen molar-refractivity contribution < 1.29 is 19.7 Å². The highest BCUT2D eigenvalue weighted by molar-refractivity contribution is 5.83. The molecule has 184 valence electrons. The number of nitrogens with zero attached hydrogens (tertiary/aromatic N) is 3. The Bertz CT molecular complexity index is 1230. The van der Waals surface area contributed by atoms with Gasteiger partial charge in [-0.2, -0.15) is 0 Å². The Kier molecular flexibility index (Phi) is 8.06. The van der Waals surface area contributed by atoms with Crippen LogP contribution in [0.1, 0.15) is 42.9 Å². The van der Waals surface area contributed by atoms with Gasteiger partial charge in [0.15, 0.2) is 0 Å². The third-order valence-electron chi connectivity index (χ3n) is 6.93. The Morgan fingerprint density at radius 2 is 2.14 bits per heavy atom. The van der Waals surface area contributed by atoms with Crippen molar-refractivity contribution in [1.82, 2.24) is 14.5 Å². The van der Waals surface area contributed by atoms with Gasteiger partial charge in [0.05, 0.1) is 25.3 Å². The van der Waals surface area contributed by atoms with Crippen LogP contribution in [0.4, 0.5) is 0 Å². The molecule has 3 atom stereocenters. The summed E-state index contributed by atoms with van der Waals surface area (Å²) < 4.78 is 7.32. The van der Waals surface area contributed by atoms with E-state index in [-0.39, 0.29) is 18.3 Å². The molecule has 0 radical (unpaired) electrons. The van der Waals surface area contributed by atoms with E-state index in [2.05, 4.69) is 21.7 Å². The third kappa shape index (κ3) is 6.41. The number of likely N-dealkylation sites (tertiary alicyclic amines) is 1. The first-order valence-corrected chi connectivity index (χ1v) is 12.1. The summed E-state index contributed by atoms with van der Waals surface area (Å²) in [4.78, 5) is 18.2. The quantitative estimate of drug-likeness (QED) is 0.481. The van der Waals surface area contributed by atoms with Crippen molar-refractivity contribution in [1.29, 1.82) is 0 Å². The summed E-state index contributed by atoms with van der Waals surface area (Å²) in [6.45, 7) is 2.23. The summed E-state index contributed by atoms with van der Waals surface area (Å²) >= 11 is 0. The van der Waals surface area contributed by atoms with E-state index in [9.17, 15) is 15.0 Å². The summed E-state index contributed by atoms with van der Waals surface area (Å²) in [5.74, 6) is 6.66. The maximum atomic E-state index is 11.6. The molecule has 3 heterocycles. The molecule has 35 heavy (non-hydrogen) atoms. The van der Waals surface area contributed by atoms with Crippen molar-refractivity contribution >= 4 is 16.9 Å². The first kappa shape index (κ1) is 24.8.